The summed E-state index contributed by atoms with van der Waals surface area (Å²) in [5, 5.41) is 10.8. The predicted molar refractivity (Wildman–Crippen MR) is 69.9 cm³/mol. The van der Waals surface area contributed by atoms with Gasteiger partial charge in [-0.05, 0) is 25.3 Å². The number of fused-ring (bicyclic) bond motifs is 1. The van der Waals surface area contributed by atoms with E-state index in [0.29, 0.717) is 5.69 Å². The van der Waals surface area contributed by atoms with E-state index in [-0.39, 0.29) is 5.91 Å². The number of hydrazone groups is 1. The first-order valence-corrected chi connectivity index (χ1v) is 6.14. The summed E-state index contributed by atoms with van der Waals surface area (Å²) in [6, 6.07) is 3.67. The fraction of sp³-hybridized carbons (Fsp3) is 0.231. The molecule has 0 spiro atoms. The van der Waals surface area contributed by atoms with Crippen molar-refractivity contribution in [2.45, 2.75) is 19.3 Å². The second kappa shape index (κ2) is 5.01. The molecule has 0 aromatic carbocycles. The van der Waals surface area contributed by atoms with Gasteiger partial charge in [-0.15, -0.1) is 0 Å². The molecule has 1 aliphatic rings. The molecular formula is C13H13N5O. The molecule has 96 valence electrons. The molecule has 1 amide bonds. The van der Waals surface area contributed by atoms with E-state index < -0.39 is 0 Å². The van der Waals surface area contributed by atoms with Crippen molar-refractivity contribution in [1.82, 2.24) is 20.6 Å². The minimum absolute atomic E-state index is 0.278. The number of amides is 1. The number of aryl methyl sites for hydroxylation is 1. The van der Waals surface area contributed by atoms with E-state index in [4.69, 9.17) is 0 Å². The summed E-state index contributed by atoms with van der Waals surface area (Å²) in [4.78, 5) is 15.9. The fourth-order valence-electron chi connectivity index (χ4n) is 2.18. The number of pyridine rings is 1. The summed E-state index contributed by atoms with van der Waals surface area (Å²) in [5.74, 6) is -0.278. The third-order valence-corrected chi connectivity index (χ3v) is 3.09. The largest absolute Gasteiger partial charge is 0.292 e. The maximum Gasteiger partial charge on any atom is 0.292 e. The smallest absolute Gasteiger partial charge is 0.281 e. The van der Waals surface area contributed by atoms with Gasteiger partial charge < -0.3 is 0 Å². The number of nitrogens with zero attached hydrogens (tertiary/aromatic N) is 3. The molecule has 0 fully saturated rings. The quantitative estimate of drug-likeness (QED) is 0.635. The predicted octanol–water partition coefficient (Wildman–Crippen LogP) is 1.06. The van der Waals surface area contributed by atoms with Crippen LogP contribution < -0.4 is 5.43 Å². The van der Waals surface area contributed by atoms with Gasteiger partial charge in [-0.2, -0.15) is 10.2 Å². The third kappa shape index (κ3) is 2.37. The van der Waals surface area contributed by atoms with Crippen molar-refractivity contribution in [3.8, 4) is 0 Å². The molecule has 0 aliphatic heterocycles. The van der Waals surface area contributed by atoms with Gasteiger partial charge in [0.2, 0.25) is 0 Å². The Morgan fingerprint density at radius 1 is 1.47 bits per heavy atom. The average Bonchev–Trinajstić information content (AvgIpc) is 3.02. The molecule has 0 saturated heterocycles. The van der Waals surface area contributed by atoms with Gasteiger partial charge in [-0.3, -0.25) is 14.9 Å². The second-order valence-corrected chi connectivity index (χ2v) is 4.37. The Bertz CT molecular complexity index is 617. The normalized spacial score (nSPS) is 13.7. The molecule has 0 unspecified atom stereocenters. The molecule has 0 saturated carbocycles. The molecule has 2 aromatic rings. The second-order valence-electron chi connectivity index (χ2n) is 4.37. The van der Waals surface area contributed by atoms with Crippen LogP contribution in [0, 0.1) is 0 Å². The summed E-state index contributed by atoms with van der Waals surface area (Å²) >= 11 is 0. The number of aromatic nitrogens is 3. The third-order valence-electron chi connectivity index (χ3n) is 3.09. The van der Waals surface area contributed by atoms with E-state index in [9.17, 15) is 4.79 Å². The lowest BCUT2D eigenvalue weighted by Gasteiger charge is -1.97. The van der Waals surface area contributed by atoms with Crippen molar-refractivity contribution in [2.24, 2.45) is 5.10 Å². The molecule has 2 N–H and O–H groups in total. The number of hydrogen-bond acceptors (Lipinski definition) is 4. The van der Waals surface area contributed by atoms with Crippen LogP contribution in [0.3, 0.4) is 0 Å². The lowest BCUT2D eigenvalue weighted by Crippen LogP contribution is -2.19. The van der Waals surface area contributed by atoms with Gasteiger partial charge in [0.05, 0.1) is 6.21 Å². The van der Waals surface area contributed by atoms with Crippen LogP contribution in [0.1, 0.15) is 33.7 Å². The number of carbonyl (C=O) groups excluding carboxylic acids is 1. The highest BCUT2D eigenvalue weighted by Crippen LogP contribution is 2.22. The van der Waals surface area contributed by atoms with Crippen LogP contribution in [0.5, 0.6) is 0 Å². The van der Waals surface area contributed by atoms with E-state index in [1.54, 1.807) is 18.6 Å². The zero-order valence-electron chi connectivity index (χ0n) is 10.3. The highest BCUT2D eigenvalue weighted by atomic mass is 16.2. The van der Waals surface area contributed by atoms with E-state index in [1.807, 2.05) is 12.1 Å². The molecular weight excluding hydrogens is 242 g/mol. The SMILES string of the molecule is O=C(NN=Cc1cccnc1)c1n[nH]c2c1CCC2. The molecule has 0 atom stereocenters. The molecule has 6 heteroatoms. The first-order valence-electron chi connectivity index (χ1n) is 6.14. The summed E-state index contributed by atoms with van der Waals surface area (Å²) in [6.07, 6.45) is 7.85. The first kappa shape index (κ1) is 11.6. The molecule has 2 aromatic heterocycles. The van der Waals surface area contributed by atoms with Crippen LogP contribution in [0.25, 0.3) is 0 Å². The standard InChI is InChI=1S/C13H13N5O/c19-13(12-10-4-1-5-11(10)16-17-12)18-15-8-9-3-2-6-14-7-9/h2-3,6-8H,1,4-5H2,(H,16,17)(H,18,19). The molecule has 1 aliphatic carbocycles. The van der Waals surface area contributed by atoms with Gasteiger partial charge in [0.15, 0.2) is 5.69 Å². The van der Waals surface area contributed by atoms with E-state index in [1.165, 1.54) is 0 Å². The Balaban J connectivity index is 1.67. The highest BCUT2D eigenvalue weighted by molar-refractivity contribution is 5.94. The molecule has 6 nitrogen and oxygen atoms in total. The minimum atomic E-state index is -0.278. The lowest BCUT2D eigenvalue weighted by atomic mass is 10.2. The van der Waals surface area contributed by atoms with Gasteiger partial charge in [0, 0.05) is 29.2 Å². The van der Waals surface area contributed by atoms with E-state index in [2.05, 4.69) is 25.7 Å². The number of H-pyrrole nitrogens is 1. The summed E-state index contributed by atoms with van der Waals surface area (Å²) in [7, 11) is 0. The summed E-state index contributed by atoms with van der Waals surface area (Å²) < 4.78 is 0. The van der Waals surface area contributed by atoms with Crippen LogP contribution in [0.2, 0.25) is 0 Å². The first-order chi connectivity index (χ1) is 9.34. The molecule has 0 bridgehead atoms. The Morgan fingerprint density at radius 3 is 3.26 bits per heavy atom. The maximum atomic E-state index is 11.9. The van der Waals surface area contributed by atoms with Crippen LogP contribution in [-0.4, -0.2) is 27.3 Å². The van der Waals surface area contributed by atoms with Gasteiger partial charge in [0.25, 0.3) is 5.91 Å². The summed E-state index contributed by atoms with van der Waals surface area (Å²) in [5.41, 5.74) is 5.86. The van der Waals surface area contributed by atoms with Crippen LogP contribution >= 0.6 is 0 Å². The molecule has 19 heavy (non-hydrogen) atoms. The van der Waals surface area contributed by atoms with Crippen LogP contribution in [-0.2, 0) is 12.8 Å². The van der Waals surface area contributed by atoms with Crippen molar-refractivity contribution in [3.05, 3.63) is 47.0 Å². The summed E-state index contributed by atoms with van der Waals surface area (Å²) in [6.45, 7) is 0. The Morgan fingerprint density at radius 2 is 2.42 bits per heavy atom. The molecule has 2 heterocycles. The maximum absolute atomic E-state index is 11.9. The molecule has 3 rings (SSSR count). The van der Waals surface area contributed by atoms with Crippen molar-refractivity contribution in [3.63, 3.8) is 0 Å². The lowest BCUT2D eigenvalue weighted by molar-refractivity contribution is 0.0949. The van der Waals surface area contributed by atoms with Crippen molar-refractivity contribution < 1.29 is 4.79 Å². The van der Waals surface area contributed by atoms with E-state index >= 15 is 0 Å². The number of carbonyl (C=O) groups is 1. The number of aromatic amines is 1. The zero-order valence-corrected chi connectivity index (χ0v) is 10.3. The topological polar surface area (TPSA) is 83.0 Å². The highest BCUT2D eigenvalue weighted by Gasteiger charge is 2.22. The van der Waals surface area contributed by atoms with Crippen LogP contribution in [0.15, 0.2) is 29.6 Å². The Hall–Kier alpha value is -2.50. The zero-order chi connectivity index (χ0) is 13.1. The minimum Gasteiger partial charge on any atom is -0.281 e. The Kier molecular flexibility index (Phi) is 3.06. The number of hydrogen-bond donors (Lipinski definition) is 2. The van der Waals surface area contributed by atoms with E-state index in [0.717, 1.165) is 36.1 Å². The van der Waals surface area contributed by atoms with Crippen molar-refractivity contribution in [1.29, 1.82) is 0 Å². The van der Waals surface area contributed by atoms with Gasteiger partial charge in [-0.1, -0.05) is 6.07 Å². The van der Waals surface area contributed by atoms with Gasteiger partial charge in [-0.25, -0.2) is 5.43 Å². The molecule has 0 radical (unpaired) electrons. The van der Waals surface area contributed by atoms with Gasteiger partial charge >= 0.3 is 0 Å². The average molecular weight is 255 g/mol. The van der Waals surface area contributed by atoms with Crippen molar-refractivity contribution >= 4 is 12.1 Å². The van der Waals surface area contributed by atoms with Crippen LogP contribution in [0.4, 0.5) is 0 Å². The van der Waals surface area contributed by atoms with Gasteiger partial charge in [0.1, 0.15) is 0 Å². The number of rotatable bonds is 3. The fourth-order valence-corrected chi connectivity index (χ4v) is 2.18. The Labute approximate surface area is 110 Å². The number of nitrogens with one attached hydrogen (secondary N) is 2. The monoisotopic (exact) mass is 255 g/mol. The van der Waals surface area contributed by atoms with Crippen molar-refractivity contribution in [2.75, 3.05) is 0 Å².